The second kappa shape index (κ2) is 8.83. The van der Waals surface area contributed by atoms with Gasteiger partial charge in [0.25, 0.3) is 5.91 Å². The summed E-state index contributed by atoms with van der Waals surface area (Å²) >= 11 is 5.94. The quantitative estimate of drug-likeness (QED) is 0.783. The topological polar surface area (TPSA) is 77.1 Å². The number of anilines is 1. The van der Waals surface area contributed by atoms with Gasteiger partial charge in [-0.25, -0.2) is 0 Å². The number of aryl methyl sites for hydroxylation is 1. The van der Waals surface area contributed by atoms with Crippen LogP contribution in [0.3, 0.4) is 0 Å². The summed E-state index contributed by atoms with van der Waals surface area (Å²) in [5.74, 6) is 1.68. The van der Waals surface area contributed by atoms with Crippen LogP contribution < -0.4 is 19.5 Å². The predicted molar refractivity (Wildman–Crippen MR) is 112 cm³/mol. The lowest BCUT2D eigenvalue weighted by Crippen LogP contribution is -2.43. The number of piperidine rings is 1. The van der Waals surface area contributed by atoms with Gasteiger partial charge in [0.05, 0.1) is 0 Å². The van der Waals surface area contributed by atoms with E-state index in [4.69, 9.17) is 25.8 Å². The summed E-state index contributed by atoms with van der Waals surface area (Å²) in [4.78, 5) is 26.8. The minimum absolute atomic E-state index is 0.0312. The number of likely N-dealkylation sites (tertiary alicyclic amines) is 1. The number of fused-ring (bicyclic) bond motifs is 1. The number of carbonyl (C=O) groups excluding carboxylic acids is 2. The first-order valence-electron chi connectivity index (χ1n) is 9.87. The third kappa shape index (κ3) is 4.62. The molecule has 0 unspecified atom stereocenters. The number of ether oxygens (including phenoxy) is 3. The molecule has 0 spiro atoms. The summed E-state index contributed by atoms with van der Waals surface area (Å²) in [6, 6.07) is 10.6. The largest absolute Gasteiger partial charge is 0.483 e. The first-order chi connectivity index (χ1) is 14.5. The molecule has 2 heterocycles. The van der Waals surface area contributed by atoms with Gasteiger partial charge >= 0.3 is 0 Å². The molecule has 0 radical (unpaired) electrons. The molecule has 30 heavy (non-hydrogen) atoms. The van der Waals surface area contributed by atoms with Crippen LogP contribution in [-0.2, 0) is 9.59 Å². The Labute approximate surface area is 179 Å². The number of amides is 2. The highest BCUT2D eigenvalue weighted by atomic mass is 35.5. The average molecular weight is 431 g/mol. The Balaban J connectivity index is 1.25. The number of rotatable bonds is 5. The fourth-order valence-electron chi connectivity index (χ4n) is 3.62. The van der Waals surface area contributed by atoms with Crippen LogP contribution in [0.1, 0.15) is 18.4 Å². The minimum Gasteiger partial charge on any atom is -0.483 e. The highest BCUT2D eigenvalue weighted by Crippen LogP contribution is 2.34. The number of hydrogen-bond donors (Lipinski definition) is 1. The molecule has 8 heteroatoms. The Morgan fingerprint density at radius 1 is 1.13 bits per heavy atom. The molecule has 1 saturated heterocycles. The molecular weight excluding hydrogens is 408 g/mol. The first kappa shape index (κ1) is 20.3. The van der Waals surface area contributed by atoms with Crippen LogP contribution in [-0.4, -0.2) is 43.2 Å². The molecule has 1 fully saturated rings. The van der Waals surface area contributed by atoms with Gasteiger partial charge in [0.2, 0.25) is 12.7 Å². The van der Waals surface area contributed by atoms with Gasteiger partial charge in [0, 0.05) is 35.8 Å². The van der Waals surface area contributed by atoms with Crippen molar-refractivity contribution < 1.29 is 23.8 Å². The van der Waals surface area contributed by atoms with Crippen molar-refractivity contribution in [3.63, 3.8) is 0 Å². The highest BCUT2D eigenvalue weighted by Gasteiger charge is 2.28. The van der Waals surface area contributed by atoms with Crippen LogP contribution in [0.5, 0.6) is 17.2 Å². The number of carbonyl (C=O) groups is 2. The molecule has 0 atom stereocenters. The minimum atomic E-state index is -0.140. The Hall–Kier alpha value is -2.93. The summed E-state index contributed by atoms with van der Waals surface area (Å²) < 4.78 is 16.3. The van der Waals surface area contributed by atoms with Gasteiger partial charge in [-0.05, 0) is 55.7 Å². The van der Waals surface area contributed by atoms with Crippen LogP contribution in [0.2, 0.25) is 5.02 Å². The maximum Gasteiger partial charge on any atom is 0.260 e. The van der Waals surface area contributed by atoms with E-state index < -0.39 is 0 Å². The molecule has 2 aliphatic heterocycles. The van der Waals surface area contributed by atoms with Crippen LogP contribution >= 0.6 is 11.6 Å². The number of benzene rings is 2. The second-order valence-corrected chi connectivity index (χ2v) is 7.85. The molecular formula is C22H23ClN2O5. The molecule has 2 aliphatic rings. The van der Waals surface area contributed by atoms with E-state index >= 15 is 0 Å². The van der Waals surface area contributed by atoms with Gasteiger partial charge in [0.15, 0.2) is 18.1 Å². The molecule has 0 saturated carbocycles. The third-order valence-electron chi connectivity index (χ3n) is 5.35. The SMILES string of the molecule is Cc1cc(Cl)ccc1OCC(=O)N1CCC(C(=O)Nc2ccc3c(c2)OCO3)CC1. The van der Waals surface area contributed by atoms with Crippen LogP contribution in [0.25, 0.3) is 0 Å². The molecule has 0 aliphatic carbocycles. The zero-order valence-electron chi connectivity index (χ0n) is 16.7. The monoisotopic (exact) mass is 430 g/mol. The molecule has 158 valence electrons. The smallest absolute Gasteiger partial charge is 0.260 e. The zero-order chi connectivity index (χ0) is 21.1. The van der Waals surface area contributed by atoms with E-state index in [1.807, 2.05) is 6.92 Å². The van der Waals surface area contributed by atoms with Gasteiger partial charge in [-0.3, -0.25) is 9.59 Å². The summed E-state index contributed by atoms with van der Waals surface area (Å²) in [5, 5.41) is 3.56. The van der Waals surface area contributed by atoms with E-state index in [2.05, 4.69) is 5.32 Å². The number of halogens is 1. The van der Waals surface area contributed by atoms with Crippen molar-refractivity contribution in [1.82, 2.24) is 4.90 Å². The van der Waals surface area contributed by atoms with E-state index in [0.717, 1.165) is 5.56 Å². The van der Waals surface area contributed by atoms with E-state index in [1.54, 1.807) is 41.3 Å². The van der Waals surface area contributed by atoms with E-state index in [-0.39, 0.29) is 31.1 Å². The molecule has 4 rings (SSSR count). The number of hydrogen-bond acceptors (Lipinski definition) is 5. The Bertz CT molecular complexity index is 957. The normalized spacial score (nSPS) is 15.7. The van der Waals surface area contributed by atoms with Gasteiger partial charge in [-0.1, -0.05) is 11.6 Å². The van der Waals surface area contributed by atoms with Crippen molar-refractivity contribution in [1.29, 1.82) is 0 Å². The fraction of sp³-hybridized carbons (Fsp3) is 0.364. The lowest BCUT2D eigenvalue weighted by molar-refractivity contribution is -0.136. The van der Waals surface area contributed by atoms with Crippen molar-refractivity contribution in [3.8, 4) is 17.2 Å². The van der Waals surface area contributed by atoms with Gasteiger partial charge in [0.1, 0.15) is 5.75 Å². The van der Waals surface area contributed by atoms with Crippen molar-refractivity contribution in [2.75, 3.05) is 31.8 Å². The third-order valence-corrected chi connectivity index (χ3v) is 5.58. The van der Waals surface area contributed by atoms with Crippen LogP contribution in [0.4, 0.5) is 5.69 Å². The fourth-order valence-corrected chi connectivity index (χ4v) is 3.84. The molecule has 2 aromatic rings. The average Bonchev–Trinajstić information content (AvgIpc) is 3.21. The molecule has 2 aromatic carbocycles. The number of nitrogens with one attached hydrogen (secondary N) is 1. The standard InChI is InChI=1S/C22H23ClN2O5/c1-14-10-16(23)2-4-18(14)28-12-21(26)25-8-6-15(7-9-25)22(27)24-17-3-5-19-20(11-17)30-13-29-19/h2-5,10-11,15H,6-9,12-13H2,1H3,(H,24,27). The van der Waals surface area contributed by atoms with E-state index in [9.17, 15) is 9.59 Å². The second-order valence-electron chi connectivity index (χ2n) is 7.41. The van der Waals surface area contributed by atoms with Crippen molar-refractivity contribution in [2.45, 2.75) is 19.8 Å². The molecule has 0 aromatic heterocycles. The Kier molecular flexibility index (Phi) is 5.99. The predicted octanol–water partition coefficient (Wildman–Crippen LogP) is 3.63. The maximum atomic E-state index is 12.6. The van der Waals surface area contributed by atoms with Crippen molar-refractivity contribution in [3.05, 3.63) is 47.0 Å². The van der Waals surface area contributed by atoms with Crippen LogP contribution in [0, 0.1) is 12.8 Å². The van der Waals surface area contributed by atoms with Gasteiger partial charge in [-0.2, -0.15) is 0 Å². The lowest BCUT2D eigenvalue weighted by atomic mass is 9.95. The summed E-state index contributed by atoms with van der Waals surface area (Å²) in [6.07, 6.45) is 1.23. The molecule has 7 nitrogen and oxygen atoms in total. The summed E-state index contributed by atoms with van der Waals surface area (Å²) in [5.41, 5.74) is 1.56. The van der Waals surface area contributed by atoms with Crippen molar-refractivity contribution in [2.24, 2.45) is 5.92 Å². The molecule has 0 bridgehead atoms. The lowest BCUT2D eigenvalue weighted by Gasteiger charge is -2.31. The number of nitrogens with zero attached hydrogens (tertiary/aromatic N) is 1. The van der Waals surface area contributed by atoms with Crippen LogP contribution in [0.15, 0.2) is 36.4 Å². The Morgan fingerprint density at radius 3 is 2.67 bits per heavy atom. The highest BCUT2D eigenvalue weighted by molar-refractivity contribution is 6.30. The Morgan fingerprint density at radius 2 is 1.90 bits per heavy atom. The first-order valence-corrected chi connectivity index (χ1v) is 10.2. The summed E-state index contributed by atoms with van der Waals surface area (Å²) in [6.45, 7) is 3.11. The maximum absolute atomic E-state index is 12.6. The molecule has 2 amide bonds. The van der Waals surface area contributed by atoms with E-state index in [0.29, 0.717) is 53.9 Å². The zero-order valence-corrected chi connectivity index (χ0v) is 17.4. The molecule has 1 N–H and O–H groups in total. The summed E-state index contributed by atoms with van der Waals surface area (Å²) in [7, 11) is 0. The van der Waals surface area contributed by atoms with Gasteiger partial charge < -0.3 is 24.4 Å². The van der Waals surface area contributed by atoms with E-state index in [1.165, 1.54) is 0 Å². The van der Waals surface area contributed by atoms with Crippen molar-refractivity contribution >= 4 is 29.1 Å². The van der Waals surface area contributed by atoms with Gasteiger partial charge in [-0.15, -0.1) is 0 Å².